The van der Waals surface area contributed by atoms with Crippen LogP contribution in [0.5, 0.6) is 0 Å². The van der Waals surface area contributed by atoms with Crippen molar-refractivity contribution in [2.24, 2.45) is 0 Å². The summed E-state index contributed by atoms with van der Waals surface area (Å²) < 4.78 is 26.8. The fourth-order valence-electron chi connectivity index (χ4n) is 4.01. The minimum absolute atomic E-state index is 0.252. The van der Waals surface area contributed by atoms with Crippen LogP contribution >= 0.6 is 11.3 Å². The van der Waals surface area contributed by atoms with Gasteiger partial charge in [-0.05, 0) is 65.7 Å². The molecule has 0 saturated heterocycles. The Morgan fingerprint density at radius 3 is 2.66 bits per heavy atom. The van der Waals surface area contributed by atoms with Crippen LogP contribution in [0.15, 0.2) is 79.6 Å². The van der Waals surface area contributed by atoms with Gasteiger partial charge >= 0.3 is 0 Å². The minimum Gasteiger partial charge on any atom is -0.383 e. The average Bonchev–Trinajstić information content (AvgIpc) is 3.41. The zero-order valence-electron chi connectivity index (χ0n) is 20.1. The lowest BCUT2D eigenvalue weighted by molar-refractivity contribution is 0.507. The Bertz CT molecular complexity index is 1710. The summed E-state index contributed by atoms with van der Waals surface area (Å²) in [7, 11) is 0. The predicted molar refractivity (Wildman–Crippen MR) is 148 cm³/mol. The lowest BCUT2D eigenvalue weighted by Gasteiger charge is -2.16. The van der Waals surface area contributed by atoms with Gasteiger partial charge in [-0.15, -0.1) is 11.3 Å². The van der Waals surface area contributed by atoms with Crippen molar-refractivity contribution < 1.29 is 8.78 Å². The van der Waals surface area contributed by atoms with Gasteiger partial charge < -0.3 is 16.4 Å². The number of thiophene rings is 1. The van der Waals surface area contributed by atoms with Gasteiger partial charge in [0.25, 0.3) is 0 Å². The van der Waals surface area contributed by atoms with Gasteiger partial charge in [-0.1, -0.05) is 18.7 Å². The first-order chi connectivity index (χ1) is 18.4. The topological polar surface area (TPSA) is 99.6 Å². The second-order valence-corrected chi connectivity index (χ2v) is 9.73. The van der Waals surface area contributed by atoms with E-state index < -0.39 is 11.6 Å². The molecule has 0 unspecified atom stereocenters. The number of halogens is 2. The van der Waals surface area contributed by atoms with Gasteiger partial charge in [0, 0.05) is 45.2 Å². The maximum Gasteiger partial charge on any atom is 0.159 e. The molecule has 0 amide bonds. The Labute approximate surface area is 222 Å². The fourth-order valence-corrected chi connectivity index (χ4v) is 4.96. The molecule has 6 nitrogen and oxygen atoms in total. The van der Waals surface area contributed by atoms with Crippen LogP contribution in [0.1, 0.15) is 21.6 Å². The molecule has 188 valence electrons. The maximum atomic E-state index is 13.6. The van der Waals surface area contributed by atoms with Crippen molar-refractivity contribution in [1.29, 1.82) is 5.26 Å². The molecule has 0 radical (unpaired) electrons. The molecule has 0 aliphatic heterocycles. The molecule has 4 N–H and O–H groups in total. The number of fused-ring (bicyclic) bond motifs is 1. The Hall–Kier alpha value is -4.81. The zero-order chi connectivity index (χ0) is 26.6. The zero-order valence-corrected chi connectivity index (χ0v) is 20.9. The number of anilines is 2. The van der Waals surface area contributed by atoms with Gasteiger partial charge in [0.05, 0.1) is 17.1 Å². The summed E-state index contributed by atoms with van der Waals surface area (Å²) in [4.78, 5) is 10.5. The molecule has 0 aliphatic rings. The molecule has 2 aromatic heterocycles. The number of aromatic nitrogens is 2. The van der Waals surface area contributed by atoms with Gasteiger partial charge in [-0.25, -0.2) is 18.7 Å². The van der Waals surface area contributed by atoms with E-state index in [-0.39, 0.29) is 6.54 Å². The average molecular weight is 525 g/mol. The SMILES string of the molecule is C=C(NCc1ccc(F)c(F)c1)c1cc(C#N)ccc1NCc1ccc(-c2ccc3ncnc(N)c3c2)s1. The molecule has 0 atom stereocenters. The molecule has 2 heterocycles. The number of nitrogens with zero attached hydrogens (tertiary/aromatic N) is 3. The second-order valence-electron chi connectivity index (χ2n) is 8.56. The van der Waals surface area contributed by atoms with Gasteiger partial charge in [0.1, 0.15) is 12.1 Å². The summed E-state index contributed by atoms with van der Waals surface area (Å²) in [6.45, 7) is 4.91. The van der Waals surface area contributed by atoms with E-state index in [0.717, 1.165) is 44.0 Å². The van der Waals surface area contributed by atoms with E-state index in [1.165, 1.54) is 12.4 Å². The smallest absolute Gasteiger partial charge is 0.159 e. The second kappa shape index (κ2) is 10.7. The van der Waals surface area contributed by atoms with Crippen LogP contribution in [0.4, 0.5) is 20.3 Å². The lowest BCUT2D eigenvalue weighted by Crippen LogP contribution is -2.13. The summed E-state index contributed by atoms with van der Waals surface area (Å²) >= 11 is 1.65. The van der Waals surface area contributed by atoms with Gasteiger partial charge in [0.2, 0.25) is 0 Å². The van der Waals surface area contributed by atoms with Crippen LogP contribution in [0, 0.1) is 23.0 Å². The first kappa shape index (κ1) is 24.9. The first-order valence-electron chi connectivity index (χ1n) is 11.7. The van der Waals surface area contributed by atoms with Crippen LogP contribution in [-0.4, -0.2) is 9.97 Å². The molecule has 5 aromatic rings. The number of rotatable bonds is 8. The normalized spacial score (nSPS) is 10.8. The van der Waals surface area contributed by atoms with Crippen molar-refractivity contribution in [2.45, 2.75) is 13.1 Å². The van der Waals surface area contributed by atoms with Crippen LogP contribution < -0.4 is 16.4 Å². The molecular formula is C29H22F2N6S. The van der Waals surface area contributed by atoms with E-state index in [0.29, 0.717) is 34.8 Å². The quantitative estimate of drug-likeness (QED) is 0.215. The van der Waals surface area contributed by atoms with E-state index in [9.17, 15) is 14.0 Å². The fraction of sp³-hybridized carbons (Fsp3) is 0.0690. The third kappa shape index (κ3) is 5.31. The predicted octanol–water partition coefficient (Wildman–Crippen LogP) is 6.46. The molecule has 0 saturated carbocycles. The highest BCUT2D eigenvalue weighted by Crippen LogP contribution is 2.32. The summed E-state index contributed by atoms with van der Waals surface area (Å²) in [6.07, 6.45) is 1.45. The number of nitrogen functional groups attached to an aromatic ring is 1. The lowest BCUT2D eigenvalue weighted by atomic mass is 10.1. The van der Waals surface area contributed by atoms with Gasteiger partial charge in [0.15, 0.2) is 11.6 Å². The minimum atomic E-state index is -0.903. The highest BCUT2D eigenvalue weighted by Gasteiger charge is 2.11. The van der Waals surface area contributed by atoms with E-state index in [2.05, 4.69) is 45.4 Å². The van der Waals surface area contributed by atoms with E-state index in [1.54, 1.807) is 23.5 Å². The van der Waals surface area contributed by atoms with Crippen molar-refractivity contribution in [3.05, 3.63) is 113 Å². The van der Waals surface area contributed by atoms with E-state index >= 15 is 0 Å². The summed E-state index contributed by atoms with van der Waals surface area (Å²) in [5.41, 5.74) is 11.0. The van der Waals surface area contributed by atoms with Gasteiger partial charge in [-0.2, -0.15) is 5.26 Å². The van der Waals surface area contributed by atoms with Crippen molar-refractivity contribution in [2.75, 3.05) is 11.1 Å². The third-order valence-corrected chi connectivity index (χ3v) is 7.16. The Morgan fingerprint density at radius 2 is 1.84 bits per heavy atom. The molecule has 9 heteroatoms. The molecule has 0 aliphatic carbocycles. The highest BCUT2D eigenvalue weighted by molar-refractivity contribution is 7.15. The Morgan fingerprint density at radius 1 is 0.974 bits per heavy atom. The number of hydrogen-bond acceptors (Lipinski definition) is 7. The van der Waals surface area contributed by atoms with Crippen molar-refractivity contribution in [3.8, 4) is 16.5 Å². The highest BCUT2D eigenvalue weighted by atomic mass is 32.1. The van der Waals surface area contributed by atoms with E-state index in [4.69, 9.17) is 5.73 Å². The van der Waals surface area contributed by atoms with Crippen LogP contribution in [-0.2, 0) is 13.1 Å². The van der Waals surface area contributed by atoms with Crippen LogP contribution in [0.3, 0.4) is 0 Å². The summed E-state index contributed by atoms with van der Waals surface area (Å²) in [5, 5.41) is 16.8. The summed E-state index contributed by atoms with van der Waals surface area (Å²) in [6, 6.07) is 21.3. The number of benzene rings is 3. The van der Waals surface area contributed by atoms with Gasteiger partial charge in [-0.3, -0.25) is 0 Å². The Balaban J connectivity index is 1.31. The maximum absolute atomic E-state index is 13.6. The largest absolute Gasteiger partial charge is 0.383 e. The Kier molecular flexibility index (Phi) is 6.98. The standard InChI is InChI=1S/C29H22F2N6S/c1-17(34-14-19-2-6-24(30)25(31)11-19)22-10-18(13-32)3-7-26(22)35-15-21-5-9-28(38-21)20-4-8-27-23(12-20)29(33)37-16-36-27/h2-12,16,34-35H,1,14-15H2,(H2,33,36,37). The monoisotopic (exact) mass is 524 g/mol. The van der Waals surface area contributed by atoms with Crippen molar-refractivity contribution in [3.63, 3.8) is 0 Å². The van der Waals surface area contributed by atoms with Crippen LogP contribution in [0.2, 0.25) is 0 Å². The first-order valence-corrected chi connectivity index (χ1v) is 12.5. The molecule has 3 aromatic carbocycles. The molecule has 0 spiro atoms. The van der Waals surface area contributed by atoms with E-state index in [1.807, 2.05) is 24.3 Å². The molecular weight excluding hydrogens is 502 g/mol. The van der Waals surface area contributed by atoms with Crippen molar-refractivity contribution in [1.82, 2.24) is 15.3 Å². The molecule has 0 bridgehead atoms. The molecule has 5 rings (SSSR count). The number of hydrogen-bond donors (Lipinski definition) is 3. The molecule has 38 heavy (non-hydrogen) atoms. The molecule has 0 fully saturated rings. The number of nitriles is 1. The summed E-state index contributed by atoms with van der Waals surface area (Å²) in [5.74, 6) is -1.35. The van der Waals surface area contributed by atoms with Crippen LogP contribution in [0.25, 0.3) is 27.0 Å². The third-order valence-electron chi connectivity index (χ3n) is 6.03. The van der Waals surface area contributed by atoms with Crippen molar-refractivity contribution >= 4 is 39.4 Å². The number of nitrogens with two attached hydrogens (primary N) is 1. The number of nitrogens with one attached hydrogen (secondary N) is 2.